The highest BCUT2D eigenvalue weighted by molar-refractivity contribution is 5.41. The summed E-state index contributed by atoms with van der Waals surface area (Å²) in [4.78, 5) is 0. The zero-order chi connectivity index (χ0) is 13.0. The molecule has 2 nitrogen and oxygen atoms in total. The maximum absolute atomic E-state index is 5.81. The van der Waals surface area contributed by atoms with E-state index in [1.54, 1.807) is 0 Å². The molecule has 0 bridgehead atoms. The summed E-state index contributed by atoms with van der Waals surface area (Å²) in [6.07, 6.45) is 2.68. The maximum Gasteiger partial charge on any atom is 0.0629 e. The predicted molar refractivity (Wildman–Crippen MR) is 76.1 cm³/mol. The van der Waals surface area contributed by atoms with Gasteiger partial charge in [-0.2, -0.15) is 0 Å². The molecule has 0 spiro atoms. The summed E-state index contributed by atoms with van der Waals surface area (Å²) in [5.41, 5.74) is 3.02. The number of hydrogen-bond donors (Lipinski definition) is 1. The van der Waals surface area contributed by atoms with Crippen LogP contribution in [0.3, 0.4) is 0 Å². The Balaban J connectivity index is 1.97. The van der Waals surface area contributed by atoms with Crippen molar-refractivity contribution in [2.45, 2.75) is 51.7 Å². The molecule has 2 rings (SSSR count). The Hall–Kier alpha value is -0.860. The molecule has 0 saturated carbocycles. The number of fused-ring (bicyclic) bond motifs is 1. The number of nitrogens with one attached hydrogen (secondary N) is 1. The number of benzene rings is 1. The van der Waals surface area contributed by atoms with Crippen molar-refractivity contribution in [2.75, 3.05) is 13.2 Å². The Kier molecular flexibility index (Phi) is 4.79. The van der Waals surface area contributed by atoms with Gasteiger partial charge < -0.3 is 10.1 Å². The summed E-state index contributed by atoms with van der Waals surface area (Å²) in [6, 6.07) is 9.24. The van der Waals surface area contributed by atoms with E-state index in [4.69, 9.17) is 4.74 Å². The van der Waals surface area contributed by atoms with Crippen molar-refractivity contribution in [1.82, 2.24) is 5.32 Å². The third-order valence-electron chi connectivity index (χ3n) is 3.65. The van der Waals surface area contributed by atoms with Gasteiger partial charge in [-0.3, -0.25) is 0 Å². The standard InChI is InChI=1S/C16H25NO/c1-4-9-17-16(11-18-12(2)3)15-10-13-7-5-6-8-14(13)15/h5-8,12,15-17H,4,9-11H2,1-3H3. The Bertz CT molecular complexity index is 375. The minimum Gasteiger partial charge on any atom is -0.377 e. The van der Waals surface area contributed by atoms with Gasteiger partial charge in [-0.15, -0.1) is 0 Å². The molecule has 2 heteroatoms. The fraction of sp³-hybridized carbons (Fsp3) is 0.625. The maximum atomic E-state index is 5.81. The van der Waals surface area contributed by atoms with Crippen LogP contribution in [-0.4, -0.2) is 25.3 Å². The van der Waals surface area contributed by atoms with E-state index < -0.39 is 0 Å². The lowest BCUT2D eigenvalue weighted by Crippen LogP contribution is -2.44. The van der Waals surface area contributed by atoms with Crippen molar-refractivity contribution in [3.63, 3.8) is 0 Å². The first-order valence-electron chi connectivity index (χ1n) is 7.15. The van der Waals surface area contributed by atoms with E-state index in [1.165, 1.54) is 24.0 Å². The van der Waals surface area contributed by atoms with Gasteiger partial charge in [0.15, 0.2) is 0 Å². The van der Waals surface area contributed by atoms with Gasteiger partial charge >= 0.3 is 0 Å². The van der Waals surface area contributed by atoms with E-state index in [1.807, 2.05) is 0 Å². The molecule has 1 aliphatic rings. The highest BCUT2D eigenvalue weighted by Crippen LogP contribution is 2.37. The van der Waals surface area contributed by atoms with E-state index >= 15 is 0 Å². The first kappa shape index (κ1) is 13.6. The smallest absolute Gasteiger partial charge is 0.0629 e. The number of ether oxygens (including phenoxy) is 1. The molecule has 1 aromatic rings. The second-order valence-corrected chi connectivity index (χ2v) is 5.45. The van der Waals surface area contributed by atoms with Crippen LogP contribution in [0.2, 0.25) is 0 Å². The van der Waals surface area contributed by atoms with E-state index in [-0.39, 0.29) is 0 Å². The second-order valence-electron chi connectivity index (χ2n) is 5.45. The third-order valence-corrected chi connectivity index (χ3v) is 3.65. The Morgan fingerprint density at radius 3 is 2.78 bits per heavy atom. The van der Waals surface area contributed by atoms with Gasteiger partial charge in [-0.05, 0) is 44.4 Å². The molecule has 0 fully saturated rings. The lowest BCUT2D eigenvalue weighted by molar-refractivity contribution is 0.0537. The molecule has 0 saturated heterocycles. The van der Waals surface area contributed by atoms with Crippen LogP contribution in [-0.2, 0) is 11.2 Å². The molecule has 0 heterocycles. The van der Waals surface area contributed by atoms with Crippen molar-refractivity contribution in [1.29, 1.82) is 0 Å². The molecular weight excluding hydrogens is 222 g/mol. The highest BCUT2D eigenvalue weighted by atomic mass is 16.5. The molecule has 1 N–H and O–H groups in total. The number of hydrogen-bond acceptors (Lipinski definition) is 2. The van der Waals surface area contributed by atoms with Gasteiger partial charge in [0.2, 0.25) is 0 Å². The zero-order valence-corrected chi connectivity index (χ0v) is 11.8. The van der Waals surface area contributed by atoms with Crippen molar-refractivity contribution in [3.8, 4) is 0 Å². The van der Waals surface area contributed by atoms with Gasteiger partial charge in [0, 0.05) is 12.0 Å². The predicted octanol–water partition coefficient (Wildman–Crippen LogP) is 3.12. The van der Waals surface area contributed by atoms with E-state index in [2.05, 4.69) is 50.4 Å². The average molecular weight is 247 g/mol. The monoisotopic (exact) mass is 247 g/mol. The van der Waals surface area contributed by atoms with Gasteiger partial charge in [0.25, 0.3) is 0 Å². The van der Waals surface area contributed by atoms with Crippen LogP contribution >= 0.6 is 0 Å². The van der Waals surface area contributed by atoms with Crippen molar-refractivity contribution < 1.29 is 4.74 Å². The summed E-state index contributed by atoms with van der Waals surface area (Å²) in [5, 5.41) is 3.64. The van der Waals surface area contributed by atoms with Crippen molar-refractivity contribution in [3.05, 3.63) is 35.4 Å². The van der Waals surface area contributed by atoms with Gasteiger partial charge in [-0.25, -0.2) is 0 Å². The molecule has 100 valence electrons. The molecule has 18 heavy (non-hydrogen) atoms. The summed E-state index contributed by atoms with van der Waals surface area (Å²) in [5.74, 6) is 0.631. The zero-order valence-electron chi connectivity index (χ0n) is 11.8. The molecule has 1 aromatic carbocycles. The molecular formula is C16H25NO. The van der Waals surface area contributed by atoms with Crippen LogP contribution in [0.25, 0.3) is 0 Å². The second kappa shape index (κ2) is 6.35. The molecule has 0 aliphatic heterocycles. The quantitative estimate of drug-likeness (QED) is 0.799. The van der Waals surface area contributed by atoms with E-state index in [0.717, 1.165) is 13.2 Å². The third kappa shape index (κ3) is 3.12. The fourth-order valence-electron chi connectivity index (χ4n) is 2.60. The average Bonchev–Trinajstić information content (AvgIpc) is 2.33. The SMILES string of the molecule is CCCNC(COC(C)C)C1Cc2ccccc21. The molecule has 0 amide bonds. The van der Waals surface area contributed by atoms with Crippen LogP contribution in [0.1, 0.15) is 44.2 Å². The largest absolute Gasteiger partial charge is 0.377 e. The molecule has 2 atom stereocenters. The van der Waals surface area contributed by atoms with Gasteiger partial charge in [0.1, 0.15) is 0 Å². The number of rotatable bonds is 7. The molecule has 0 radical (unpaired) electrons. The van der Waals surface area contributed by atoms with Crippen LogP contribution in [0, 0.1) is 0 Å². The van der Waals surface area contributed by atoms with Crippen LogP contribution < -0.4 is 5.32 Å². The Labute approximate surface area is 111 Å². The summed E-state index contributed by atoms with van der Waals surface area (Å²) in [7, 11) is 0. The highest BCUT2D eigenvalue weighted by Gasteiger charge is 2.32. The van der Waals surface area contributed by atoms with Crippen LogP contribution in [0.4, 0.5) is 0 Å². The lowest BCUT2D eigenvalue weighted by atomic mass is 9.73. The Morgan fingerprint density at radius 1 is 1.33 bits per heavy atom. The molecule has 1 aliphatic carbocycles. The minimum absolute atomic E-state index is 0.311. The lowest BCUT2D eigenvalue weighted by Gasteiger charge is -2.37. The van der Waals surface area contributed by atoms with Gasteiger partial charge in [-0.1, -0.05) is 31.2 Å². The Morgan fingerprint density at radius 2 is 2.11 bits per heavy atom. The van der Waals surface area contributed by atoms with Crippen LogP contribution in [0.5, 0.6) is 0 Å². The van der Waals surface area contributed by atoms with Crippen molar-refractivity contribution in [2.24, 2.45) is 0 Å². The normalized spacial score (nSPS) is 19.4. The first-order chi connectivity index (χ1) is 8.72. The van der Waals surface area contributed by atoms with E-state index in [9.17, 15) is 0 Å². The molecule has 2 unspecified atom stereocenters. The van der Waals surface area contributed by atoms with E-state index in [0.29, 0.717) is 18.1 Å². The van der Waals surface area contributed by atoms with Gasteiger partial charge in [0.05, 0.1) is 12.7 Å². The summed E-state index contributed by atoms with van der Waals surface area (Å²) in [6.45, 7) is 8.31. The minimum atomic E-state index is 0.311. The summed E-state index contributed by atoms with van der Waals surface area (Å²) < 4.78 is 5.81. The molecule has 0 aromatic heterocycles. The first-order valence-corrected chi connectivity index (χ1v) is 7.15. The topological polar surface area (TPSA) is 21.3 Å². The summed E-state index contributed by atoms with van der Waals surface area (Å²) >= 11 is 0. The van der Waals surface area contributed by atoms with Crippen LogP contribution in [0.15, 0.2) is 24.3 Å². The fourth-order valence-corrected chi connectivity index (χ4v) is 2.60. The van der Waals surface area contributed by atoms with Crippen molar-refractivity contribution >= 4 is 0 Å².